The van der Waals surface area contributed by atoms with E-state index in [1.54, 1.807) is 0 Å². The third kappa shape index (κ3) is 7.07. The Balaban J connectivity index is 1.18. The third-order valence-electron chi connectivity index (χ3n) is 6.62. The topological polar surface area (TPSA) is 61.0 Å². The van der Waals surface area contributed by atoms with Crippen LogP contribution in [-0.2, 0) is 9.53 Å². The highest BCUT2D eigenvalue weighted by atomic mass is 19.4. The summed E-state index contributed by atoms with van der Waals surface area (Å²) in [6.07, 6.45) is -2.44. The molecule has 0 aliphatic carbocycles. The van der Waals surface area contributed by atoms with Crippen LogP contribution in [0.3, 0.4) is 0 Å². The van der Waals surface area contributed by atoms with Crippen LogP contribution in [0.4, 0.5) is 18.9 Å². The lowest BCUT2D eigenvalue weighted by Gasteiger charge is -2.43. The average Bonchev–Trinajstić information content (AvgIpc) is 3.50. The molecule has 0 bridgehead atoms. The number of nitrogens with zero attached hydrogens (tertiary/aromatic N) is 4. The number of ether oxygens (including phenoxy) is 1. The number of hydrogen-bond acceptors (Lipinski definition) is 7. The van der Waals surface area contributed by atoms with Crippen molar-refractivity contribution in [1.29, 1.82) is 0 Å². The first-order valence-corrected chi connectivity index (χ1v) is 12.1. The Kier molecular flexibility index (Phi) is 7.42. The highest BCUT2D eigenvalue weighted by molar-refractivity contribution is 5.72. The summed E-state index contributed by atoms with van der Waals surface area (Å²) in [4.78, 5) is 19.2. The van der Waals surface area contributed by atoms with Crippen LogP contribution in [-0.4, -0.2) is 91.0 Å². The molecule has 2 atom stereocenters. The van der Waals surface area contributed by atoms with E-state index in [-0.39, 0.29) is 12.1 Å². The number of carbonyl (C=O) groups is 1. The van der Waals surface area contributed by atoms with Gasteiger partial charge in [-0.3, -0.25) is 14.6 Å². The van der Waals surface area contributed by atoms with Crippen LogP contribution in [0, 0.1) is 0 Å². The van der Waals surface area contributed by atoms with Crippen LogP contribution in [0.15, 0.2) is 24.3 Å². The summed E-state index contributed by atoms with van der Waals surface area (Å²) in [5, 5.41) is 1.20. The number of rotatable bonds is 6. The number of alkyl halides is 3. The number of benzene rings is 1. The number of hydrazine groups is 1. The zero-order chi connectivity index (χ0) is 24.5. The molecule has 0 amide bonds. The number of piperidine rings is 1. The smallest absolute Gasteiger partial charge is 0.402 e. The summed E-state index contributed by atoms with van der Waals surface area (Å²) in [7, 11) is 0. The number of carbonyl (C=O) groups excluding carboxylic acids is 1. The molecule has 3 fully saturated rings. The Bertz CT molecular complexity index is 826. The monoisotopic (exact) mass is 483 g/mol. The average molecular weight is 484 g/mol. The van der Waals surface area contributed by atoms with Gasteiger partial charge in [0.25, 0.3) is 0 Å². The molecule has 0 saturated carbocycles. The lowest BCUT2D eigenvalue weighted by atomic mass is 10.0. The molecule has 1 aromatic rings. The van der Waals surface area contributed by atoms with E-state index in [2.05, 4.69) is 20.1 Å². The third-order valence-corrected chi connectivity index (χ3v) is 6.62. The highest BCUT2D eigenvalue weighted by Crippen LogP contribution is 2.33. The molecule has 3 saturated heterocycles. The predicted octanol–water partition coefficient (Wildman–Crippen LogP) is 3.00. The van der Waals surface area contributed by atoms with Crippen molar-refractivity contribution in [1.82, 2.24) is 20.2 Å². The highest BCUT2D eigenvalue weighted by Gasteiger charge is 2.43. The number of nitrogens with one attached hydrogen (secondary N) is 1. The molecule has 0 radical (unpaired) electrons. The molecule has 3 heterocycles. The number of anilines is 1. The standard InChI is InChI=1S/C24H36F3N5O2/c1-23(2,3)34-21(33)16-29-10-8-20(9-11-29)31-14-12-30(13-15-31)19-6-4-18(5-7-19)22-28-32(22)17-24(25,26)27/h4-7,20,22,28H,8-17H2,1-3H3. The van der Waals surface area contributed by atoms with Gasteiger partial charge >= 0.3 is 12.1 Å². The molecule has 4 rings (SSSR count). The molecule has 7 nitrogen and oxygen atoms in total. The molecule has 1 aromatic carbocycles. The number of halogens is 3. The SMILES string of the molecule is CC(C)(C)OC(=O)CN1CCC(N2CCN(c3ccc(C4NN4CC(F)(F)F)cc3)CC2)CC1. The quantitative estimate of drug-likeness (QED) is 0.493. The first-order valence-electron chi connectivity index (χ1n) is 12.1. The summed E-state index contributed by atoms with van der Waals surface area (Å²) in [6, 6.07) is 8.38. The Labute approximate surface area is 199 Å². The van der Waals surface area contributed by atoms with E-state index in [0.29, 0.717) is 12.6 Å². The lowest BCUT2D eigenvalue weighted by Crippen LogP contribution is -2.53. The molecule has 3 aliphatic rings. The van der Waals surface area contributed by atoms with E-state index < -0.39 is 18.3 Å². The summed E-state index contributed by atoms with van der Waals surface area (Å²) in [5.74, 6) is -0.156. The van der Waals surface area contributed by atoms with Crippen LogP contribution >= 0.6 is 0 Å². The number of piperazine rings is 1. The number of likely N-dealkylation sites (tertiary alicyclic amines) is 1. The summed E-state index contributed by atoms with van der Waals surface area (Å²) in [6.45, 7) is 10.7. The van der Waals surface area contributed by atoms with Crippen LogP contribution in [0.5, 0.6) is 0 Å². The lowest BCUT2D eigenvalue weighted by molar-refractivity contribution is -0.156. The molecular weight excluding hydrogens is 447 g/mol. The van der Waals surface area contributed by atoms with Crippen LogP contribution < -0.4 is 10.3 Å². The van der Waals surface area contributed by atoms with Gasteiger partial charge in [-0.15, -0.1) is 0 Å². The van der Waals surface area contributed by atoms with Crippen molar-refractivity contribution in [3.63, 3.8) is 0 Å². The summed E-state index contributed by atoms with van der Waals surface area (Å²) < 4.78 is 43.0. The van der Waals surface area contributed by atoms with Gasteiger partial charge in [0, 0.05) is 51.0 Å². The molecule has 0 aromatic heterocycles. The minimum Gasteiger partial charge on any atom is -0.459 e. The molecule has 3 aliphatic heterocycles. The molecule has 2 unspecified atom stereocenters. The minimum atomic E-state index is -4.20. The minimum absolute atomic E-state index is 0.156. The summed E-state index contributed by atoms with van der Waals surface area (Å²) in [5.41, 5.74) is 4.28. The maximum Gasteiger partial charge on any atom is 0.402 e. The van der Waals surface area contributed by atoms with Gasteiger partial charge in [0.15, 0.2) is 0 Å². The Morgan fingerprint density at radius 1 is 1.00 bits per heavy atom. The van der Waals surface area contributed by atoms with Crippen LogP contribution in [0.2, 0.25) is 0 Å². The Morgan fingerprint density at radius 2 is 1.62 bits per heavy atom. The Morgan fingerprint density at radius 3 is 2.18 bits per heavy atom. The van der Waals surface area contributed by atoms with E-state index >= 15 is 0 Å². The molecular formula is C24H36F3N5O2. The summed E-state index contributed by atoms with van der Waals surface area (Å²) >= 11 is 0. The van der Waals surface area contributed by atoms with Crippen molar-refractivity contribution >= 4 is 11.7 Å². The van der Waals surface area contributed by atoms with Crippen LogP contribution in [0.1, 0.15) is 45.3 Å². The number of esters is 1. The predicted molar refractivity (Wildman–Crippen MR) is 124 cm³/mol. The van der Waals surface area contributed by atoms with E-state index in [4.69, 9.17) is 4.74 Å². The number of hydrogen-bond donors (Lipinski definition) is 1. The van der Waals surface area contributed by atoms with E-state index in [1.165, 1.54) is 5.01 Å². The largest absolute Gasteiger partial charge is 0.459 e. The maximum absolute atomic E-state index is 12.5. The van der Waals surface area contributed by atoms with Crippen molar-refractivity contribution in [2.24, 2.45) is 0 Å². The first-order chi connectivity index (χ1) is 16.0. The fraction of sp³-hybridized carbons (Fsp3) is 0.708. The zero-order valence-corrected chi connectivity index (χ0v) is 20.3. The van der Waals surface area contributed by atoms with Crippen molar-refractivity contribution in [2.75, 3.05) is 57.3 Å². The second-order valence-electron chi connectivity index (χ2n) is 10.5. The van der Waals surface area contributed by atoms with Gasteiger partial charge in [-0.2, -0.15) is 13.2 Å². The van der Waals surface area contributed by atoms with Crippen molar-refractivity contribution in [3.8, 4) is 0 Å². The first kappa shape index (κ1) is 25.2. The van der Waals surface area contributed by atoms with Crippen molar-refractivity contribution in [3.05, 3.63) is 29.8 Å². The normalized spacial score (nSPS) is 25.4. The van der Waals surface area contributed by atoms with Gasteiger partial charge in [0.05, 0.1) is 6.54 Å². The molecule has 1 N–H and O–H groups in total. The van der Waals surface area contributed by atoms with Gasteiger partial charge in [0.1, 0.15) is 18.3 Å². The Hall–Kier alpha value is -1.88. The molecule has 0 spiro atoms. The van der Waals surface area contributed by atoms with Gasteiger partial charge in [0.2, 0.25) is 0 Å². The zero-order valence-electron chi connectivity index (χ0n) is 20.3. The van der Waals surface area contributed by atoms with Crippen LogP contribution in [0.25, 0.3) is 0 Å². The molecule has 10 heteroatoms. The van der Waals surface area contributed by atoms with E-state index in [0.717, 1.165) is 63.4 Å². The van der Waals surface area contributed by atoms with E-state index in [9.17, 15) is 18.0 Å². The van der Waals surface area contributed by atoms with Crippen molar-refractivity contribution in [2.45, 2.75) is 57.6 Å². The van der Waals surface area contributed by atoms with E-state index in [1.807, 2.05) is 45.0 Å². The molecule has 190 valence electrons. The van der Waals surface area contributed by atoms with Gasteiger partial charge in [-0.1, -0.05) is 12.1 Å². The van der Waals surface area contributed by atoms with Gasteiger partial charge < -0.3 is 9.64 Å². The second-order valence-corrected chi connectivity index (χ2v) is 10.5. The maximum atomic E-state index is 12.5. The fourth-order valence-electron chi connectivity index (χ4n) is 4.92. The second kappa shape index (κ2) is 10.0. The van der Waals surface area contributed by atoms with Gasteiger partial charge in [-0.05, 0) is 51.3 Å². The van der Waals surface area contributed by atoms with Gasteiger partial charge in [-0.25, -0.2) is 10.4 Å². The molecule has 34 heavy (non-hydrogen) atoms. The fourth-order valence-corrected chi connectivity index (χ4v) is 4.92. The van der Waals surface area contributed by atoms with Crippen molar-refractivity contribution < 1.29 is 22.7 Å².